The molecular weight excluding hydrogens is 1460 g/mol. The maximum Gasteiger partial charge on any atom is 1.00 e. The molecule has 2 saturated heterocycles. The fourth-order valence-electron chi connectivity index (χ4n) is 8.92. The van der Waals surface area contributed by atoms with Crippen molar-refractivity contribution in [1.29, 1.82) is 10.7 Å². The van der Waals surface area contributed by atoms with Crippen molar-refractivity contribution in [3.05, 3.63) is 120 Å². The average Bonchev–Trinajstić information content (AvgIpc) is 1.64. The number of aliphatic hydroxyl groups is 1. The molecule has 43 heteroatoms. The van der Waals surface area contributed by atoms with Gasteiger partial charge in [0.25, 0.3) is 11.5 Å². The summed E-state index contributed by atoms with van der Waals surface area (Å²) in [6.07, 6.45) is -2.38. The molecule has 2 aliphatic heterocycles. The van der Waals surface area contributed by atoms with Gasteiger partial charge in [0.05, 0.1) is 92.7 Å². The van der Waals surface area contributed by atoms with Crippen molar-refractivity contribution in [1.82, 2.24) is 80.7 Å². The van der Waals surface area contributed by atoms with Gasteiger partial charge in [0.15, 0.2) is 16.6 Å². The summed E-state index contributed by atoms with van der Waals surface area (Å²) >= 11 is 5.61. The van der Waals surface area contributed by atoms with Gasteiger partial charge in [-0.15, -0.1) is 20.4 Å². The number of nitrogens with one attached hydrogen (secondary N) is 3. The minimum absolute atomic E-state index is 0. The summed E-state index contributed by atoms with van der Waals surface area (Å²) in [5.74, 6) is -0.932. The van der Waals surface area contributed by atoms with Gasteiger partial charge in [-0.3, -0.25) is 15.0 Å². The van der Waals surface area contributed by atoms with Gasteiger partial charge in [0.1, 0.15) is 30.0 Å². The summed E-state index contributed by atoms with van der Waals surface area (Å²) in [7, 11) is 0. The van der Waals surface area contributed by atoms with Crippen molar-refractivity contribution < 1.29 is 126 Å². The summed E-state index contributed by atoms with van der Waals surface area (Å²) < 4.78 is 100. The largest absolute Gasteiger partial charge is 1.00 e. The Morgan fingerprint density at radius 3 is 1.58 bits per heavy atom. The molecule has 0 aromatic carbocycles. The van der Waals surface area contributed by atoms with E-state index >= 15 is 0 Å². The number of hydrogen-bond donors (Lipinski definition) is 8. The number of furan rings is 3. The molecule has 0 unspecified atom stereocenters. The number of aliphatic hydroxyl groups excluding tert-OH is 1. The van der Waals surface area contributed by atoms with E-state index in [-0.39, 0.29) is 118 Å². The van der Waals surface area contributed by atoms with Crippen LogP contribution in [0.2, 0.25) is 5.15 Å². The zero-order valence-corrected chi connectivity index (χ0v) is 62.4. The zero-order chi connectivity index (χ0) is 77.2. The first kappa shape index (κ1) is 88.0. The Kier molecular flexibility index (Phi) is 32.4. The number of carbonyl (C=O) groups is 3. The van der Waals surface area contributed by atoms with Crippen LogP contribution >= 0.6 is 11.6 Å². The second kappa shape index (κ2) is 39.1. The van der Waals surface area contributed by atoms with Crippen LogP contribution in [0.3, 0.4) is 0 Å². The van der Waals surface area contributed by atoms with E-state index in [9.17, 15) is 40.7 Å². The SMILES string of the molecule is C.CC(=O)O.CCOC(=O)CO.Cc1nnc(Cl)c(C#N)c1C.Cc1nnc2oc(C(=O)OC(C)C)c(N)c2c1C.Cc1nnc2oc3c(=O)[nH]cnc3c2c1C.Cc1nnc2oc3c(NC4CN(c5ncc(C(F)(F)F)cn5)C4)ncnc3c2c1C.N=CN.NC1CN(c2ncc(C(F)(F)F)cn2)C1.[H-].[K+]. The van der Waals surface area contributed by atoms with Crippen LogP contribution in [-0.4, -0.2) is 173 Å². The van der Waals surface area contributed by atoms with Crippen molar-refractivity contribution in [2.24, 2.45) is 11.5 Å². The van der Waals surface area contributed by atoms with Gasteiger partial charge in [-0.1, -0.05) is 19.0 Å². The Hall–Kier alpha value is -10.4. The molecule has 11 aromatic heterocycles. The number of nitrogen functional groups attached to an aromatic ring is 1. The third kappa shape index (κ3) is 22.6. The molecule has 35 nitrogen and oxygen atoms in total. The van der Waals surface area contributed by atoms with Crippen molar-refractivity contribution in [2.75, 3.05) is 60.2 Å². The summed E-state index contributed by atoms with van der Waals surface area (Å²) in [6, 6.07) is 2.03. The van der Waals surface area contributed by atoms with E-state index in [2.05, 4.69) is 96.4 Å². The van der Waals surface area contributed by atoms with E-state index < -0.39 is 48.0 Å². The number of aromatic amines is 1. The van der Waals surface area contributed by atoms with Gasteiger partial charge in [0, 0.05) is 63.9 Å². The number of halogens is 7. The quantitative estimate of drug-likeness (QED) is 0.0320. The molecule has 11 aromatic rings. The number of rotatable bonds is 8. The summed E-state index contributed by atoms with van der Waals surface area (Å²) in [5, 5.41) is 66.7. The number of aliphatic carboxylic acids is 1. The van der Waals surface area contributed by atoms with E-state index in [0.717, 1.165) is 93.9 Å². The number of alkyl halides is 6. The van der Waals surface area contributed by atoms with Crippen LogP contribution in [0.5, 0.6) is 0 Å². The van der Waals surface area contributed by atoms with Gasteiger partial charge in [-0.2, -0.15) is 52.0 Å². The number of nitriles is 1. The molecule has 0 bridgehead atoms. The van der Waals surface area contributed by atoms with E-state index in [4.69, 9.17) is 66.7 Å². The van der Waals surface area contributed by atoms with E-state index in [1.165, 1.54) is 12.7 Å². The number of fused-ring (bicyclic) bond motifs is 7. The monoisotopic (exact) mass is 1530 g/mol. The number of ether oxygens (including phenoxy) is 2. The van der Waals surface area contributed by atoms with Crippen molar-refractivity contribution >= 4 is 115 Å². The summed E-state index contributed by atoms with van der Waals surface area (Å²) in [6.45, 7) is 23.1. The summed E-state index contributed by atoms with van der Waals surface area (Å²) in [4.78, 5) is 75.8. The molecule has 0 saturated carbocycles. The molecule has 2 aliphatic rings. The number of carboxylic acid groups (broad SMARTS) is 1. The van der Waals surface area contributed by atoms with Crippen LogP contribution in [0.4, 0.5) is 49.7 Å². The third-order valence-corrected chi connectivity index (χ3v) is 14.8. The molecule has 0 amide bonds. The number of H-pyrrole nitrogens is 1. The number of carbonyl (C=O) groups excluding carboxylic acids is 2. The molecule has 0 atom stereocenters. The fourth-order valence-corrected chi connectivity index (χ4v) is 9.14. The Balaban J connectivity index is 0.000000341. The number of anilines is 4. The van der Waals surface area contributed by atoms with Gasteiger partial charge < -0.3 is 71.7 Å². The topological polar surface area (TPSA) is 520 Å². The molecule has 0 spiro atoms. The smallest absolute Gasteiger partial charge is 1.00 e. The molecule has 13 heterocycles. The van der Waals surface area contributed by atoms with Crippen LogP contribution in [0, 0.1) is 72.1 Å². The van der Waals surface area contributed by atoms with E-state index in [1.54, 1.807) is 44.4 Å². The predicted molar refractivity (Wildman–Crippen MR) is 371 cm³/mol. The van der Waals surface area contributed by atoms with Gasteiger partial charge >= 0.3 is 75.7 Å². The van der Waals surface area contributed by atoms with E-state index in [0.29, 0.717) is 83.5 Å². The minimum Gasteiger partial charge on any atom is -1.00 e. The maximum absolute atomic E-state index is 12.6. The molecule has 13 rings (SSSR count). The van der Waals surface area contributed by atoms with Gasteiger partial charge in [0.2, 0.25) is 40.4 Å². The van der Waals surface area contributed by atoms with Crippen LogP contribution in [-0.2, 0) is 31.4 Å². The molecule has 0 radical (unpaired) electrons. The molecule has 2 fully saturated rings. The number of hydrogen-bond acceptors (Lipinski definition) is 32. The van der Waals surface area contributed by atoms with Crippen molar-refractivity contribution in [2.45, 2.75) is 121 Å². The minimum atomic E-state index is -4.45. The fraction of sp³-hybridized carbons (Fsp3) is 0.381. The van der Waals surface area contributed by atoms with Crippen molar-refractivity contribution in [3.63, 3.8) is 0 Å². The molecule has 562 valence electrons. The van der Waals surface area contributed by atoms with Crippen LogP contribution < -0.4 is 89.3 Å². The Labute approximate surface area is 647 Å². The Bertz CT molecular complexity index is 4960. The second-order valence-electron chi connectivity index (χ2n) is 22.4. The number of esters is 2. The van der Waals surface area contributed by atoms with Crippen LogP contribution in [0.25, 0.3) is 55.5 Å². The molecule has 0 aliphatic carbocycles. The number of nitrogens with zero attached hydrogens (tertiary/aromatic N) is 18. The first-order valence-corrected chi connectivity index (χ1v) is 30.9. The normalized spacial score (nSPS) is 12.2. The Morgan fingerprint density at radius 1 is 0.745 bits per heavy atom. The number of aryl methyl sites for hydroxylation is 7. The average molecular weight is 1530 g/mol. The first-order chi connectivity index (χ1) is 49.0. The number of aromatic nitrogens is 16. The van der Waals surface area contributed by atoms with Crippen LogP contribution in [0.15, 0.2) is 55.5 Å². The third-order valence-electron chi connectivity index (χ3n) is 14.6. The van der Waals surface area contributed by atoms with Gasteiger partial charge in [-0.25, -0.2) is 44.5 Å². The maximum atomic E-state index is 12.6. The molecule has 11 N–H and O–H groups in total. The number of carboxylic acids is 1. The predicted octanol–water partition coefficient (Wildman–Crippen LogP) is 5.15. The number of nitrogens with two attached hydrogens (primary N) is 3. The Morgan fingerprint density at radius 2 is 1.17 bits per heavy atom. The molecular formula is C63H74ClF6KN24O11. The van der Waals surface area contributed by atoms with E-state index in [1.807, 2.05) is 47.6 Å². The standard InChI is InChI=1S/C18H15F3N8O.C12H15N3O3.C10H8N4O2.C8H9F3N4.C7H6ClN3.C4H8O3.C2H4O2.CH4N2.CH4.K.H/c1-8-9(2)27-28-16-12(8)13-14(30-16)15(25-7-24-13)26-11-5-29(6-11)17-22-3-10(4-23-17)18(19,20)21;1-5(2)17-12(16)10-9(13)8-6(3)7(4)14-15-11(8)18-10;1-4-5(2)13-14-10-6(4)7-8(16-10)9(15)12-3-11-7;9-8(10,11)5-1-13-7(14-2-5)15-3-6(12)4-15;1-4-5(2)10-11-7(8)6(4)3-9;1-2-7-4(6)3-5;1-2(3)4;2-1-3;;;/h3-4,7,11H,5-6H2,1-2H3,(H,24,25,26);5H,13H2,1-4H3;3H,1-2H3,(H,11,12,15);1-2,6H,3-4,12H2;1-2H3;5H,2-3H2,1H3;1H3,(H,3,4);1H,(H3,2,3);1H4;;/q;;;;;;;;;+1;-1. The zero-order valence-electron chi connectivity index (χ0n) is 59.5. The van der Waals surface area contributed by atoms with Gasteiger partial charge in [-0.05, 0) is 98.4 Å². The van der Waals surface area contributed by atoms with Crippen molar-refractivity contribution in [3.8, 4) is 6.07 Å². The molecule has 106 heavy (non-hydrogen) atoms. The summed E-state index contributed by atoms with van der Waals surface area (Å²) in [5.41, 5.74) is 24.0. The van der Waals surface area contributed by atoms with Crippen LogP contribution in [0.1, 0.15) is 109 Å². The first-order valence-electron chi connectivity index (χ1n) is 30.6. The second-order valence-corrected chi connectivity index (χ2v) is 22.7.